The Balaban J connectivity index is 1.15. The van der Waals surface area contributed by atoms with E-state index in [1.54, 1.807) is 11.0 Å². The maximum atomic E-state index is 13.7. The second-order valence-corrected chi connectivity index (χ2v) is 10.2. The van der Waals surface area contributed by atoms with Crippen LogP contribution in [0, 0.1) is 0 Å². The van der Waals surface area contributed by atoms with Gasteiger partial charge in [0.25, 0.3) is 0 Å². The van der Waals surface area contributed by atoms with Crippen LogP contribution in [0.15, 0.2) is 54.6 Å². The van der Waals surface area contributed by atoms with Crippen LogP contribution in [0.25, 0.3) is 5.57 Å². The summed E-state index contributed by atoms with van der Waals surface area (Å²) < 4.78 is 10.9. The van der Waals surface area contributed by atoms with Gasteiger partial charge < -0.3 is 19.3 Å². The molecule has 7 nitrogen and oxygen atoms in total. The Morgan fingerprint density at radius 3 is 2.47 bits per heavy atom. The Hall–Kier alpha value is -3.61. The summed E-state index contributed by atoms with van der Waals surface area (Å²) >= 11 is 0. The van der Waals surface area contributed by atoms with Crippen LogP contribution in [0.3, 0.4) is 0 Å². The zero-order chi connectivity index (χ0) is 24.9. The number of fused-ring (bicyclic) bond motifs is 2. The second-order valence-electron chi connectivity index (χ2n) is 10.2. The number of ether oxygens (including phenoxy) is 2. The lowest BCUT2D eigenvalue weighted by atomic mass is 9.90. The van der Waals surface area contributed by atoms with Gasteiger partial charge in [-0.1, -0.05) is 48.5 Å². The first-order valence-electron chi connectivity index (χ1n) is 12.8. The van der Waals surface area contributed by atoms with Gasteiger partial charge >= 0.3 is 12.1 Å². The molecule has 0 bridgehead atoms. The predicted octanol–water partition coefficient (Wildman–Crippen LogP) is 4.26. The van der Waals surface area contributed by atoms with E-state index in [9.17, 15) is 14.4 Å². The van der Waals surface area contributed by atoms with E-state index in [1.165, 1.54) is 5.57 Å². The maximum Gasteiger partial charge on any atom is 0.410 e. The lowest BCUT2D eigenvalue weighted by Crippen LogP contribution is -2.40. The molecule has 7 heteroatoms. The highest BCUT2D eigenvalue weighted by Crippen LogP contribution is 2.52. The molecule has 0 radical (unpaired) electrons. The molecule has 0 N–H and O–H groups in total. The summed E-state index contributed by atoms with van der Waals surface area (Å²) in [6.45, 7) is 4.38. The molecule has 4 aliphatic rings. The summed E-state index contributed by atoms with van der Waals surface area (Å²) in [5.41, 5.74) is 3.71. The van der Waals surface area contributed by atoms with Crippen molar-refractivity contribution < 1.29 is 23.9 Å². The molecule has 1 unspecified atom stereocenters. The van der Waals surface area contributed by atoms with Gasteiger partial charge in [0, 0.05) is 31.6 Å². The van der Waals surface area contributed by atoms with Gasteiger partial charge in [-0.2, -0.15) is 0 Å². The fourth-order valence-electron chi connectivity index (χ4n) is 5.97. The van der Waals surface area contributed by atoms with Crippen LogP contribution in [0.2, 0.25) is 0 Å². The van der Waals surface area contributed by atoms with Crippen LogP contribution in [-0.4, -0.2) is 60.6 Å². The monoisotopic (exact) mass is 486 g/mol. The van der Waals surface area contributed by atoms with Crippen LogP contribution in [0.5, 0.6) is 0 Å². The Morgan fingerprint density at radius 2 is 1.78 bits per heavy atom. The molecule has 2 fully saturated rings. The average Bonchev–Trinajstić information content (AvgIpc) is 3.54. The van der Waals surface area contributed by atoms with E-state index >= 15 is 0 Å². The number of amides is 2. The third kappa shape index (κ3) is 3.60. The molecule has 1 atom stereocenters. The molecule has 0 aromatic heterocycles. The predicted molar refractivity (Wildman–Crippen MR) is 133 cm³/mol. The van der Waals surface area contributed by atoms with Crippen LogP contribution in [0.4, 0.5) is 4.79 Å². The highest BCUT2D eigenvalue weighted by Gasteiger charge is 2.57. The summed E-state index contributed by atoms with van der Waals surface area (Å²) in [5, 5.41) is 0. The normalized spacial score (nSPS) is 23.8. The summed E-state index contributed by atoms with van der Waals surface area (Å²) in [6, 6.07) is 15.9. The van der Waals surface area contributed by atoms with Crippen molar-refractivity contribution in [2.24, 2.45) is 0 Å². The lowest BCUT2D eigenvalue weighted by molar-refractivity contribution is -0.134. The van der Waals surface area contributed by atoms with Gasteiger partial charge in [0.2, 0.25) is 5.91 Å². The van der Waals surface area contributed by atoms with Crippen molar-refractivity contribution in [3.8, 4) is 0 Å². The molecule has 1 spiro atoms. The summed E-state index contributed by atoms with van der Waals surface area (Å²) in [7, 11) is 0. The molecule has 3 aliphatic heterocycles. The van der Waals surface area contributed by atoms with Crippen molar-refractivity contribution in [3.05, 3.63) is 76.9 Å². The molecule has 2 aromatic rings. The molecular weight excluding hydrogens is 456 g/mol. The third-order valence-electron chi connectivity index (χ3n) is 8.15. The number of hydrogen-bond donors (Lipinski definition) is 0. The van der Waals surface area contributed by atoms with E-state index < -0.39 is 11.0 Å². The van der Waals surface area contributed by atoms with Crippen LogP contribution >= 0.6 is 0 Å². The minimum Gasteiger partial charge on any atom is -0.450 e. The van der Waals surface area contributed by atoms with E-state index in [0.717, 1.165) is 36.0 Å². The first kappa shape index (κ1) is 22.8. The number of rotatable bonds is 4. The van der Waals surface area contributed by atoms with E-state index in [0.29, 0.717) is 44.8 Å². The highest BCUT2D eigenvalue weighted by atomic mass is 16.6. The van der Waals surface area contributed by atoms with Crippen molar-refractivity contribution in [2.75, 3.05) is 32.8 Å². The van der Waals surface area contributed by atoms with Gasteiger partial charge in [-0.05, 0) is 49.0 Å². The highest BCUT2D eigenvalue weighted by molar-refractivity contribution is 5.96. The molecule has 2 amide bonds. The topological polar surface area (TPSA) is 76.2 Å². The van der Waals surface area contributed by atoms with E-state index in [-0.39, 0.29) is 18.0 Å². The maximum absolute atomic E-state index is 13.7. The van der Waals surface area contributed by atoms with Crippen molar-refractivity contribution in [1.29, 1.82) is 0 Å². The zero-order valence-corrected chi connectivity index (χ0v) is 20.5. The fraction of sp³-hybridized carbons (Fsp3) is 0.414. The Morgan fingerprint density at radius 1 is 1.00 bits per heavy atom. The largest absolute Gasteiger partial charge is 0.450 e. The number of carbonyl (C=O) groups is 3. The molecular formula is C29H30N2O5. The quantitative estimate of drug-likeness (QED) is 0.604. The molecule has 1 aliphatic carbocycles. The molecule has 186 valence electrons. The standard InChI is InChI=1S/C29H30N2O5/c1-2-35-27(34)30-16-11-21(12-17-30)20-7-9-22(10-8-20)28(13-14-28)26(33)31-18-15-29(19-31)24-6-4-3-5-23(24)25(32)36-29/h3-11H,2,12-19H2,1H3. The fourth-order valence-corrected chi connectivity index (χ4v) is 5.97. The van der Waals surface area contributed by atoms with Gasteiger partial charge in [0.15, 0.2) is 5.60 Å². The van der Waals surface area contributed by atoms with Crippen molar-refractivity contribution >= 4 is 23.5 Å². The molecule has 1 saturated heterocycles. The first-order chi connectivity index (χ1) is 17.5. The zero-order valence-electron chi connectivity index (χ0n) is 20.5. The molecule has 1 saturated carbocycles. The number of nitrogens with zero attached hydrogens (tertiary/aromatic N) is 2. The molecule has 3 heterocycles. The third-order valence-corrected chi connectivity index (χ3v) is 8.15. The van der Waals surface area contributed by atoms with Gasteiger partial charge in [-0.15, -0.1) is 0 Å². The van der Waals surface area contributed by atoms with Gasteiger partial charge in [0.05, 0.1) is 24.1 Å². The SMILES string of the molecule is CCOC(=O)N1CC=C(c2ccc(C3(C(=O)N4CCC5(C4)OC(=O)c4ccccc45)CC3)cc2)CC1. The van der Waals surface area contributed by atoms with Gasteiger partial charge in [-0.3, -0.25) is 4.79 Å². The smallest absolute Gasteiger partial charge is 0.410 e. The van der Waals surface area contributed by atoms with Gasteiger partial charge in [0.1, 0.15) is 0 Å². The van der Waals surface area contributed by atoms with E-state index in [1.807, 2.05) is 30.0 Å². The Bertz CT molecular complexity index is 1260. The molecule has 36 heavy (non-hydrogen) atoms. The molecule has 6 rings (SSSR count). The minimum atomic E-state index is -0.714. The lowest BCUT2D eigenvalue weighted by Gasteiger charge is -2.27. The van der Waals surface area contributed by atoms with E-state index in [4.69, 9.17) is 9.47 Å². The van der Waals surface area contributed by atoms with Gasteiger partial charge in [-0.25, -0.2) is 9.59 Å². The van der Waals surface area contributed by atoms with Crippen LogP contribution in [-0.2, 0) is 25.3 Å². The second kappa shape index (κ2) is 8.50. The number of hydrogen-bond acceptors (Lipinski definition) is 5. The summed E-state index contributed by atoms with van der Waals surface area (Å²) in [6.07, 6.45) is 4.89. The number of esters is 1. The van der Waals surface area contributed by atoms with Crippen LogP contribution in [0.1, 0.15) is 59.7 Å². The average molecular weight is 487 g/mol. The summed E-state index contributed by atoms with van der Waals surface area (Å²) in [4.78, 5) is 41.7. The summed E-state index contributed by atoms with van der Waals surface area (Å²) in [5.74, 6) is -0.159. The Kier molecular flexibility index (Phi) is 5.39. The van der Waals surface area contributed by atoms with E-state index in [2.05, 4.69) is 30.3 Å². The van der Waals surface area contributed by atoms with Crippen molar-refractivity contribution in [3.63, 3.8) is 0 Å². The van der Waals surface area contributed by atoms with Crippen molar-refractivity contribution in [1.82, 2.24) is 9.80 Å². The number of carbonyl (C=O) groups excluding carboxylic acids is 3. The number of likely N-dealkylation sites (tertiary alicyclic amines) is 1. The van der Waals surface area contributed by atoms with Crippen LogP contribution < -0.4 is 0 Å². The Labute approximate surface area is 210 Å². The van der Waals surface area contributed by atoms with Crippen molar-refractivity contribution in [2.45, 2.75) is 43.6 Å². The molecule has 2 aromatic carbocycles. The first-order valence-corrected chi connectivity index (χ1v) is 12.8. The minimum absolute atomic E-state index is 0.134. The number of benzene rings is 2.